The standard InChI is InChI=1S/C9H17N/c1-6(2)9-7-3-8(9)5-10-4-7/h6-10H,3-5H2,1-2H3/t7-,8+,9-. The van der Waals surface area contributed by atoms with E-state index in [0.29, 0.717) is 0 Å². The SMILES string of the molecule is CC(C)[C@H]1[C@@H]2CNC[C@H]1C2. The van der Waals surface area contributed by atoms with Crippen LogP contribution in [0.25, 0.3) is 0 Å². The zero-order valence-corrected chi connectivity index (χ0v) is 6.93. The van der Waals surface area contributed by atoms with Crippen LogP contribution < -0.4 is 5.32 Å². The number of hydrogen-bond donors (Lipinski definition) is 1. The van der Waals surface area contributed by atoms with Crippen molar-refractivity contribution in [3.63, 3.8) is 0 Å². The summed E-state index contributed by atoms with van der Waals surface area (Å²) in [4.78, 5) is 0. The third kappa shape index (κ3) is 0.800. The van der Waals surface area contributed by atoms with Gasteiger partial charge in [-0.3, -0.25) is 0 Å². The summed E-state index contributed by atoms with van der Waals surface area (Å²) in [6.07, 6.45) is 1.51. The fraction of sp³-hybridized carbons (Fsp3) is 1.00. The van der Waals surface area contributed by atoms with Crippen molar-refractivity contribution in [1.29, 1.82) is 0 Å². The van der Waals surface area contributed by atoms with Crippen molar-refractivity contribution >= 4 is 0 Å². The molecule has 1 saturated carbocycles. The van der Waals surface area contributed by atoms with Gasteiger partial charge in [-0.25, -0.2) is 0 Å². The van der Waals surface area contributed by atoms with Gasteiger partial charge in [-0.15, -0.1) is 0 Å². The highest BCUT2D eigenvalue weighted by atomic mass is 14.9. The highest BCUT2D eigenvalue weighted by Crippen LogP contribution is 2.46. The molecule has 3 fully saturated rings. The second-order valence-electron chi connectivity index (χ2n) is 4.24. The first-order chi connectivity index (χ1) is 4.79. The van der Waals surface area contributed by atoms with Crippen molar-refractivity contribution in [2.75, 3.05) is 13.1 Å². The Bertz CT molecular complexity index is 117. The van der Waals surface area contributed by atoms with Crippen molar-refractivity contribution in [2.45, 2.75) is 20.3 Å². The van der Waals surface area contributed by atoms with Crippen LogP contribution in [0.1, 0.15) is 20.3 Å². The maximum absolute atomic E-state index is 3.47. The Kier molecular flexibility index (Phi) is 1.48. The number of rotatable bonds is 1. The molecule has 0 amide bonds. The van der Waals surface area contributed by atoms with Crippen LogP contribution in [0.4, 0.5) is 0 Å². The van der Waals surface area contributed by atoms with Crippen LogP contribution in [0.3, 0.4) is 0 Å². The second-order valence-corrected chi connectivity index (χ2v) is 4.24. The average Bonchev–Trinajstić information content (AvgIpc) is 1.87. The zero-order chi connectivity index (χ0) is 7.14. The summed E-state index contributed by atoms with van der Waals surface area (Å²) in [5, 5.41) is 3.47. The molecule has 3 aliphatic rings. The maximum atomic E-state index is 3.47. The molecule has 2 aliphatic heterocycles. The molecule has 3 rings (SSSR count). The Balaban J connectivity index is 1.99. The minimum Gasteiger partial charge on any atom is -0.316 e. The van der Waals surface area contributed by atoms with Gasteiger partial charge in [0.2, 0.25) is 0 Å². The largest absolute Gasteiger partial charge is 0.316 e. The third-order valence-electron chi connectivity index (χ3n) is 3.28. The van der Waals surface area contributed by atoms with Gasteiger partial charge < -0.3 is 5.32 Å². The van der Waals surface area contributed by atoms with Gasteiger partial charge in [-0.1, -0.05) is 13.8 Å². The van der Waals surface area contributed by atoms with Gasteiger partial charge in [-0.2, -0.15) is 0 Å². The minimum atomic E-state index is 0.922. The summed E-state index contributed by atoms with van der Waals surface area (Å²) in [5.74, 6) is 4.03. The van der Waals surface area contributed by atoms with E-state index in [0.717, 1.165) is 23.7 Å². The predicted molar refractivity (Wildman–Crippen MR) is 42.8 cm³/mol. The molecule has 2 heterocycles. The number of piperidine rings is 2. The Morgan fingerprint density at radius 3 is 2.10 bits per heavy atom. The van der Waals surface area contributed by atoms with Gasteiger partial charge in [0.1, 0.15) is 0 Å². The molecule has 0 spiro atoms. The average molecular weight is 139 g/mol. The van der Waals surface area contributed by atoms with Crippen LogP contribution in [0.15, 0.2) is 0 Å². The van der Waals surface area contributed by atoms with Crippen LogP contribution in [-0.2, 0) is 0 Å². The molecule has 2 saturated heterocycles. The molecule has 1 nitrogen and oxygen atoms in total. The predicted octanol–water partition coefficient (Wildman–Crippen LogP) is 1.50. The molecule has 0 aromatic rings. The van der Waals surface area contributed by atoms with Crippen molar-refractivity contribution in [1.82, 2.24) is 5.32 Å². The summed E-state index contributed by atoms with van der Waals surface area (Å²) in [6.45, 7) is 7.32. The molecule has 0 unspecified atom stereocenters. The van der Waals surface area contributed by atoms with E-state index in [1.165, 1.54) is 19.5 Å². The van der Waals surface area contributed by atoms with Gasteiger partial charge in [0.05, 0.1) is 0 Å². The van der Waals surface area contributed by atoms with E-state index in [2.05, 4.69) is 19.2 Å². The lowest BCUT2D eigenvalue weighted by molar-refractivity contribution is -0.00230. The van der Waals surface area contributed by atoms with Gasteiger partial charge in [0.25, 0.3) is 0 Å². The van der Waals surface area contributed by atoms with Crippen LogP contribution in [0, 0.1) is 23.7 Å². The Labute approximate surface area is 63.2 Å². The summed E-state index contributed by atoms with van der Waals surface area (Å²) < 4.78 is 0. The van der Waals surface area contributed by atoms with Crippen molar-refractivity contribution in [2.24, 2.45) is 23.7 Å². The third-order valence-corrected chi connectivity index (χ3v) is 3.28. The smallest absolute Gasteiger partial charge is 0.00174 e. The van der Waals surface area contributed by atoms with Crippen LogP contribution in [0.5, 0.6) is 0 Å². The van der Waals surface area contributed by atoms with Crippen LogP contribution >= 0.6 is 0 Å². The number of fused-ring (bicyclic) bond motifs is 2. The highest BCUT2D eigenvalue weighted by molar-refractivity contribution is 4.96. The molecule has 1 N–H and O–H groups in total. The summed E-state index contributed by atoms with van der Waals surface area (Å²) in [6, 6.07) is 0. The van der Waals surface area contributed by atoms with E-state index in [1.807, 2.05) is 0 Å². The van der Waals surface area contributed by atoms with E-state index in [9.17, 15) is 0 Å². The summed E-state index contributed by atoms with van der Waals surface area (Å²) >= 11 is 0. The van der Waals surface area contributed by atoms with E-state index in [4.69, 9.17) is 0 Å². The highest BCUT2D eigenvalue weighted by Gasteiger charge is 2.44. The molecule has 0 radical (unpaired) electrons. The van der Waals surface area contributed by atoms with Gasteiger partial charge in [0.15, 0.2) is 0 Å². The van der Waals surface area contributed by atoms with Crippen LogP contribution in [0.2, 0.25) is 0 Å². The molecule has 0 aromatic carbocycles. The van der Waals surface area contributed by atoms with Crippen LogP contribution in [-0.4, -0.2) is 13.1 Å². The quantitative estimate of drug-likeness (QED) is 0.580. The Morgan fingerprint density at radius 1 is 1.20 bits per heavy atom. The minimum absolute atomic E-state index is 0.922. The molecule has 1 aliphatic carbocycles. The molecule has 1 heteroatoms. The number of hydrogen-bond acceptors (Lipinski definition) is 1. The van der Waals surface area contributed by atoms with Crippen molar-refractivity contribution in [3.8, 4) is 0 Å². The van der Waals surface area contributed by atoms with Gasteiger partial charge in [0, 0.05) is 0 Å². The molecule has 2 bridgehead atoms. The Morgan fingerprint density at radius 2 is 1.80 bits per heavy atom. The lowest BCUT2D eigenvalue weighted by Gasteiger charge is -2.52. The van der Waals surface area contributed by atoms with Crippen molar-refractivity contribution < 1.29 is 0 Å². The molecule has 58 valence electrons. The lowest BCUT2D eigenvalue weighted by atomic mass is 9.58. The molecular weight excluding hydrogens is 122 g/mol. The van der Waals surface area contributed by atoms with Crippen molar-refractivity contribution in [3.05, 3.63) is 0 Å². The van der Waals surface area contributed by atoms with E-state index in [1.54, 1.807) is 0 Å². The first-order valence-corrected chi connectivity index (χ1v) is 4.49. The van der Waals surface area contributed by atoms with E-state index < -0.39 is 0 Å². The number of nitrogens with one attached hydrogen (secondary N) is 1. The Hall–Kier alpha value is -0.0400. The van der Waals surface area contributed by atoms with E-state index in [-0.39, 0.29) is 0 Å². The molecule has 3 atom stereocenters. The molecule has 0 aromatic heterocycles. The first kappa shape index (κ1) is 6.66. The molecular formula is C9H17N. The normalized spacial score (nSPS) is 45.3. The van der Waals surface area contributed by atoms with E-state index >= 15 is 0 Å². The zero-order valence-electron chi connectivity index (χ0n) is 6.93. The fourth-order valence-corrected chi connectivity index (χ4v) is 2.87. The topological polar surface area (TPSA) is 12.0 Å². The molecule has 10 heavy (non-hydrogen) atoms. The van der Waals surface area contributed by atoms with Gasteiger partial charge >= 0.3 is 0 Å². The fourth-order valence-electron chi connectivity index (χ4n) is 2.87. The first-order valence-electron chi connectivity index (χ1n) is 4.49. The summed E-state index contributed by atoms with van der Waals surface area (Å²) in [7, 11) is 0. The lowest BCUT2D eigenvalue weighted by Crippen LogP contribution is -2.54. The summed E-state index contributed by atoms with van der Waals surface area (Å²) in [5.41, 5.74) is 0. The van der Waals surface area contributed by atoms with Gasteiger partial charge in [-0.05, 0) is 43.2 Å². The monoisotopic (exact) mass is 139 g/mol. The second kappa shape index (κ2) is 2.23. The maximum Gasteiger partial charge on any atom is -0.00174 e.